The van der Waals surface area contributed by atoms with E-state index in [2.05, 4.69) is 0 Å². The molecule has 1 heterocycles. The van der Waals surface area contributed by atoms with Gasteiger partial charge in [0, 0.05) is 6.54 Å². The summed E-state index contributed by atoms with van der Waals surface area (Å²) in [6, 6.07) is 4.96. The smallest absolute Gasteiger partial charge is 0.328 e. The van der Waals surface area contributed by atoms with Gasteiger partial charge in [0.2, 0.25) is 5.91 Å². The van der Waals surface area contributed by atoms with Crippen LogP contribution in [0.25, 0.3) is 0 Å². The van der Waals surface area contributed by atoms with Crippen LogP contribution in [0.15, 0.2) is 18.2 Å². The number of hydrogen-bond donors (Lipinski definition) is 1. The first kappa shape index (κ1) is 16.3. The molecule has 0 radical (unpaired) electrons. The number of aliphatic carboxylic acids is 1. The van der Waals surface area contributed by atoms with Crippen molar-refractivity contribution in [1.82, 2.24) is 4.90 Å². The molecule has 1 aliphatic rings. The Labute approximate surface area is 129 Å². The number of nitrogens with zero attached hydrogens (tertiary/aromatic N) is 1. The van der Waals surface area contributed by atoms with Crippen molar-refractivity contribution in [2.75, 3.05) is 26.4 Å². The second-order valence-electron chi connectivity index (χ2n) is 5.44. The van der Waals surface area contributed by atoms with Crippen molar-refractivity contribution in [3.05, 3.63) is 29.3 Å². The van der Waals surface area contributed by atoms with Gasteiger partial charge in [0.25, 0.3) is 0 Å². The van der Waals surface area contributed by atoms with Crippen LogP contribution >= 0.6 is 0 Å². The van der Waals surface area contributed by atoms with E-state index >= 15 is 0 Å². The van der Waals surface area contributed by atoms with Crippen LogP contribution in [0.5, 0.6) is 5.75 Å². The molecule has 0 aromatic heterocycles. The first-order valence-corrected chi connectivity index (χ1v) is 7.28. The summed E-state index contributed by atoms with van der Waals surface area (Å²) >= 11 is 0. The zero-order valence-electron chi connectivity index (χ0n) is 12.9. The number of amides is 1. The fourth-order valence-electron chi connectivity index (χ4n) is 2.52. The first-order valence-electron chi connectivity index (χ1n) is 7.28. The van der Waals surface area contributed by atoms with Crippen LogP contribution in [0.3, 0.4) is 0 Å². The Bertz CT molecular complexity index is 537. The average molecular weight is 307 g/mol. The summed E-state index contributed by atoms with van der Waals surface area (Å²) in [4.78, 5) is 24.7. The van der Waals surface area contributed by atoms with Crippen molar-refractivity contribution in [2.45, 2.75) is 26.3 Å². The van der Waals surface area contributed by atoms with Crippen LogP contribution < -0.4 is 4.74 Å². The number of morpholine rings is 1. The molecular formula is C16H21NO5. The Morgan fingerprint density at radius 2 is 2.00 bits per heavy atom. The molecular weight excluding hydrogens is 286 g/mol. The zero-order valence-corrected chi connectivity index (χ0v) is 12.9. The number of hydrogen-bond acceptors (Lipinski definition) is 4. The van der Waals surface area contributed by atoms with Crippen LogP contribution in [0.4, 0.5) is 0 Å². The van der Waals surface area contributed by atoms with Gasteiger partial charge in [-0.25, -0.2) is 4.79 Å². The maximum absolute atomic E-state index is 12.2. The topological polar surface area (TPSA) is 76.1 Å². The van der Waals surface area contributed by atoms with Crippen LogP contribution in [0.1, 0.15) is 17.5 Å². The molecule has 0 aliphatic carbocycles. The molecule has 0 unspecified atom stereocenters. The minimum absolute atomic E-state index is 0.0407. The standard InChI is InChI=1S/C16H21NO5/c1-11-7-12(2)9-13(8-11)22-5-3-15(18)17-4-6-21-10-14(17)16(19)20/h7-9,14H,3-6,10H2,1-2H3,(H,19,20)/t14-/m1/s1. The van der Waals surface area contributed by atoms with Gasteiger partial charge in [0.05, 0.1) is 26.2 Å². The van der Waals surface area contributed by atoms with Crippen LogP contribution in [-0.2, 0) is 14.3 Å². The monoisotopic (exact) mass is 307 g/mol. The number of carbonyl (C=O) groups excluding carboxylic acids is 1. The molecule has 1 N–H and O–H groups in total. The van der Waals surface area contributed by atoms with Crippen LogP contribution in [-0.4, -0.2) is 54.3 Å². The van der Waals surface area contributed by atoms with Crippen LogP contribution in [0, 0.1) is 13.8 Å². The molecule has 1 aromatic rings. The molecule has 0 bridgehead atoms. The van der Waals surface area contributed by atoms with E-state index in [9.17, 15) is 9.59 Å². The van der Waals surface area contributed by atoms with Gasteiger partial charge in [-0.1, -0.05) is 6.07 Å². The van der Waals surface area contributed by atoms with E-state index in [1.54, 1.807) is 0 Å². The van der Waals surface area contributed by atoms with Crippen molar-refractivity contribution in [2.24, 2.45) is 0 Å². The zero-order chi connectivity index (χ0) is 16.1. The number of carboxylic acids is 1. The Balaban J connectivity index is 1.87. The van der Waals surface area contributed by atoms with Crippen molar-refractivity contribution < 1.29 is 24.2 Å². The molecule has 1 aromatic carbocycles. The van der Waals surface area contributed by atoms with Gasteiger partial charge >= 0.3 is 5.97 Å². The second kappa shape index (κ2) is 7.26. The molecule has 0 spiro atoms. The van der Waals surface area contributed by atoms with Gasteiger partial charge in [-0.3, -0.25) is 4.79 Å². The van der Waals surface area contributed by atoms with Crippen molar-refractivity contribution in [3.63, 3.8) is 0 Å². The Morgan fingerprint density at radius 3 is 2.64 bits per heavy atom. The molecule has 2 rings (SSSR count). The molecule has 0 saturated carbocycles. The Hall–Kier alpha value is -2.08. The largest absolute Gasteiger partial charge is 0.493 e. The number of aryl methyl sites for hydroxylation is 2. The van der Waals surface area contributed by atoms with Crippen LogP contribution in [0.2, 0.25) is 0 Å². The van der Waals surface area contributed by atoms with E-state index in [4.69, 9.17) is 14.6 Å². The van der Waals surface area contributed by atoms with E-state index in [0.29, 0.717) is 13.2 Å². The van der Waals surface area contributed by atoms with Gasteiger partial charge in [-0.05, 0) is 37.1 Å². The highest BCUT2D eigenvalue weighted by molar-refractivity contribution is 5.84. The summed E-state index contributed by atoms with van der Waals surface area (Å²) in [6.07, 6.45) is 0.150. The molecule has 1 saturated heterocycles. The fraction of sp³-hybridized carbons (Fsp3) is 0.500. The predicted octanol–water partition coefficient (Wildman–Crippen LogP) is 1.38. The predicted molar refractivity (Wildman–Crippen MR) is 80.0 cm³/mol. The molecule has 1 atom stereocenters. The molecule has 1 amide bonds. The molecule has 120 valence electrons. The summed E-state index contributed by atoms with van der Waals surface area (Å²) in [7, 11) is 0. The third-order valence-electron chi connectivity index (χ3n) is 3.51. The summed E-state index contributed by atoms with van der Waals surface area (Å²) in [5, 5.41) is 9.12. The number of ether oxygens (including phenoxy) is 2. The molecule has 22 heavy (non-hydrogen) atoms. The lowest BCUT2D eigenvalue weighted by Gasteiger charge is -2.32. The highest BCUT2D eigenvalue weighted by Gasteiger charge is 2.32. The molecule has 6 heteroatoms. The number of benzene rings is 1. The minimum Gasteiger partial charge on any atom is -0.493 e. The van der Waals surface area contributed by atoms with Gasteiger partial charge in [-0.2, -0.15) is 0 Å². The van der Waals surface area contributed by atoms with E-state index in [1.165, 1.54) is 4.90 Å². The molecule has 1 aliphatic heterocycles. The van der Waals surface area contributed by atoms with Gasteiger partial charge in [0.15, 0.2) is 6.04 Å². The van der Waals surface area contributed by atoms with E-state index < -0.39 is 12.0 Å². The third-order valence-corrected chi connectivity index (χ3v) is 3.51. The number of carboxylic acid groups (broad SMARTS) is 1. The Morgan fingerprint density at radius 1 is 1.32 bits per heavy atom. The summed E-state index contributed by atoms with van der Waals surface area (Å²) in [5.41, 5.74) is 2.20. The summed E-state index contributed by atoms with van der Waals surface area (Å²) in [5.74, 6) is -0.537. The maximum atomic E-state index is 12.2. The quantitative estimate of drug-likeness (QED) is 0.889. The number of rotatable bonds is 5. The third kappa shape index (κ3) is 4.21. The van der Waals surface area contributed by atoms with E-state index in [0.717, 1.165) is 16.9 Å². The lowest BCUT2D eigenvalue weighted by atomic mass is 10.1. The maximum Gasteiger partial charge on any atom is 0.328 e. The van der Waals surface area contributed by atoms with Gasteiger partial charge < -0.3 is 19.5 Å². The summed E-state index contributed by atoms with van der Waals surface area (Å²) < 4.78 is 10.7. The van der Waals surface area contributed by atoms with Crippen molar-refractivity contribution in [1.29, 1.82) is 0 Å². The van der Waals surface area contributed by atoms with Crippen molar-refractivity contribution >= 4 is 11.9 Å². The minimum atomic E-state index is -1.04. The molecule has 1 fully saturated rings. The van der Waals surface area contributed by atoms with E-state index in [1.807, 2.05) is 32.0 Å². The van der Waals surface area contributed by atoms with Gasteiger partial charge in [0.1, 0.15) is 5.75 Å². The Kier molecular flexibility index (Phi) is 5.38. The average Bonchev–Trinajstić information content (AvgIpc) is 2.46. The molecule has 6 nitrogen and oxygen atoms in total. The van der Waals surface area contributed by atoms with Crippen molar-refractivity contribution in [3.8, 4) is 5.75 Å². The normalized spacial score (nSPS) is 18.1. The van der Waals surface area contributed by atoms with E-state index in [-0.39, 0.29) is 25.5 Å². The highest BCUT2D eigenvalue weighted by Crippen LogP contribution is 2.17. The highest BCUT2D eigenvalue weighted by atomic mass is 16.5. The second-order valence-corrected chi connectivity index (χ2v) is 5.44. The fourth-order valence-corrected chi connectivity index (χ4v) is 2.52. The van der Waals surface area contributed by atoms with Gasteiger partial charge in [-0.15, -0.1) is 0 Å². The summed E-state index contributed by atoms with van der Waals surface area (Å²) in [6.45, 7) is 4.91. The number of carbonyl (C=O) groups is 2. The lowest BCUT2D eigenvalue weighted by molar-refractivity contribution is -0.158. The SMILES string of the molecule is Cc1cc(C)cc(OCCC(=O)N2CCOC[C@@H]2C(=O)O)c1. The lowest BCUT2D eigenvalue weighted by Crippen LogP contribution is -2.52. The first-order chi connectivity index (χ1) is 10.5.